The minimum Gasteiger partial charge on any atom is -0.192 e. The fourth-order valence-corrected chi connectivity index (χ4v) is 7.63. The Morgan fingerprint density at radius 3 is 1.35 bits per heavy atom. The van der Waals surface area contributed by atoms with Gasteiger partial charge in [-0.25, -0.2) is 0 Å². The molecule has 0 aromatic heterocycles. The van der Waals surface area contributed by atoms with Crippen molar-refractivity contribution in [2.45, 2.75) is 0 Å². The van der Waals surface area contributed by atoms with E-state index in [0.29, 0.717) is 11.1 Å². The maximum absolute atomic E-state index is 9.50. The van der Waals surface area contributed by atoms with Crippen LogP contribution in [-0.2, 0) is 0 Å². The van der Waals surface area contributed by atoms with Crippen molar-refractivity contribution < 1.29 is 0 Å². The zero-order valence-electron chi connectivity index (χ0n) is 25.9. The van der Waals surface area contributed by atoms with Gasteiger partial charge in [-0.05, 0) is 107 Å². The highest BCUT2D eigenvalue weighted by molar-refractivity contribution is 6.28. The van der Waals surface area contributed by atoms with Crippen molar-refractivity contribution in [1.82, 2.24) is 0 Å². The number of nitriles is 2. The fourth-order valence-electron chi connectivity index (χ4n) is 7.63. The van der Waals surface area contributed by atoms with Crippen LogP contribution in [0.1, 0.15) is 11.1 Å². The SMILES string of the molecule is N#Cc1cc(C#N)cc(-c2ccc(-c3ccc4c5c(cccc35)-c3c-4c(-c4ccccc4)c4ccccc4c3-c3ccccc3)cc2)c1. The summed E-state index contributed by atoms with van der Waals surface area (Å²) in [6.45, 7) is 0. The summed E-state index contributed by atoms with van der Waals surface area (Å²) in [6.07, 6.45) is 0. The highest BCUT2D eigenvalue weighted by atomic mass is 14.3. The largest absolute Gasteiger partial charge is 0.192 e. The molecular formula is C46H26N2. The van der Waals surface area contributed by atoms with Gasteiger partial charge >= 0.3 is 0 Å². The molecule has 220 valence electrons. The molecule has 0 spiro atoms. The van der Waals surface area contributed by atoms with Gasteiger partial charge in [0.1, 0.15) is 0 Å². The van der Waals surface area contributed by atoms with E-state index in [1.807, 2.05) is 12.1 Å². The highest BCUT2D eigenvalue weighted by Crippen LogP contribution is 2.58. The lowest BCUT2D eigenvalue weighted by Gasteiger charge is -2.20. The Morgan fingerprint density at radius 1 is 0.312 bits per heavy atom. The molecule has 1 aliphatic rings. The molecule has 9 rings (SSSR count). The smallest absolute Gasteiger partial charge is 0.0992 e. The predicted molar refractivity (Wildman–Crippen MR) is 197 cm³/mol. The van der Waals surface area contributed by atoms with Crippen molar-refractivity contribution >= 4 is 21.5 Å². The minimum absolute atomic E-state index is 0.484. The molecule has 0 fully saturated rings. The van der Waals surface area contributed by atoms with Crippen molar-refractivity contribution in [2.24, 2.45) is 0 Å². The second-order valence-electron chi connectivity index (χ2n) is 12.3. The van der Waals surface area contributed by atoms with E-state index in [1.54, 1.807) is 6.07 Å². The van der Waals surface area contributed by atoms with E-state index in [0.717, 1.165) is 16.7 Å². The maximum atomic E-state index is 9.50. The van der Waals surface area contributed by atoms with E-state index in [-0.39, 0.29) is 0 Å². The van der Waals surface area contributed by atoms with Crippen LogP contribution in [0.3, 0.4) is 0 Å². The van der Waals surface area contributed by atoms with E-state index < -0.39 is 0 Å². The molecule has 0 saturated carbocycles. The third-order valence-corrected chi connectivity index (χ3v) is 9.64. The molecule has 0 unspecified atom stereocenters. The quantitative estimate of drug-likeness (QED) is 0.200. The van der Waals surface area contributed by atoms with E-state index in [1.165, 1.54) is 71.6 Å². The van der Waals surface area contributed by atoms with Crippen LogP contribution in [0.15, 0.2) is 158 Å². The summed E-state index contributed by atoms with van der Waals surface area (Å²) in [6, 6.07) is 59.9. The van der Waals surface area contributed by atoms with Crippen LogP contribution < -0.4 is 0 Å². The van der Waals surface area contributed by atoms with Gasteiger partial charge in [-0.1, -0.05) is 140 Å². The number of nitrogens with zero attached hydrogens (tertiary/aromatic N) is 2. The summed E-state index contributed by atoms with van der Waals surface area (Å²) in [5.41, 5.74) is 15.2. The Morgan fingerprint density at radius 2 is 0.792 bits per heavy atom. The molecule has 0 radical (unpaired) electrons. The maximum Gasteiger partial charge on any atom is 0.0992 e. The normalized spacial score (nSPS) is 11.3. The van der Waals surface area contributed by atoms with E-state index in [4.69, 9.17) is 0 Å². The van der Waals surface area contributed by atoms with Gasteiger partial charge < -0.3 is 0 Å². The minimum atomic E-state index is 0.484. The Labute approximate surface area is 279 Å². The molecular weight excluding hydrogens is 581 g/mol. The molecule has 0 amide bonds. The molecule has 0 bridgehead atoms. The Hall–Kier alpha value is -6.74. The van der Waals surface area contributed by atoms with Crippen molar-refractivity contribution in [3.63, 3.8) is 0 Å². The molecule has 48 heavy (non-hydrogen) atoms. The summed E-state index contributed by atoms with van der Waals surface area (Å²) in [5, 5.41) is 24.0. The van der Waals surface area contributed by atoms with Crippen LogP contribution in [0.25, 0.3) is 88.3 Å². The third kappa shape index (κ3) is 4.18. The van der Waals surface area contributed by atoms with Crippen molar-refractivity contribution in [2.75, 3.05) is 0 Å². The van der Waals surface area contributed by atoms with Gasteiger partial charge in [0.2, 0.25) is 0 Å². The molecule has 8 aromatic rings. The van der Waals surface area contributed by atoms with Gasteiger partial charge in [0.05, 0.1) is 23.3 Å². The molecule has 0 aliphatic heterocycles. The van der Waals surface area contributed by atoms with Crippen LogP contribution in [-0.4, -0.2) is 0 Å². The molecule has 2 nitrogen and oxygen atoms in total. The molecule has 0 atom stereocenters. The summed E-state index contributed by atoms with van der Waals surface area (Å²) in [4.78, 5) is 0. The highest BCUT2D eigenvalue weighted by Gasteiger charge is 2.31. The zero-order valence-corrected chi connectivity index (χ0v) is 25.9. The number of rotatable bonds is 4. The average Bonchev–Trinajstić information content (AvgIpc) is 3.49. The number of benzene rings is 8. The van der Waals surface area contributed by atoms with Gasteiger partial charge in [-0.3, -0.25) is 0 Å². The Kier molecular flexibility index (Phi) is 6.29. The van der Waals surface area contributed by atoms with E-state index in [2.05, 4.69) is 152 Å². The summed E-state index contributed by atoms with van der Waals surface area (Å²) in [5.74, 6) is 0. The topological polar surface area (TPSA) is 47.6 Å². The second-order valence-corrected chi connectivity index (χ2v) is 12.3. The molecule has 0 heterocycles. The Bertz CT molecular complexity index is 2530. The number of fused-ring (bicyclic) bond motifs is 4. The van der Waals surface area contributed by atoms with Crippen LogP contribution in [0.5, 0.6) is 0 Å². The average molecular weight is 607 g/mol. The Balaban J connectivity index is 1.30. The van der Waals surface area contributed by atoms with Crippen molar-refractivity contribution in [3.8, 4) is 78.9 Å². The summed E-state index contributed by atoms with van der Waals surface area (Å²) >= 11 is 0. The lowest BCUT2D eigenvalue weighted by Crippen LogP contribution is -1.93. The number of hydrogen-bond acceptors (Lipinski definition) is 2. The first-order valence-corrected chi connectivity index (χ1v) is 16.1. The first-order valence-electron chi connectivity index (χ1n) is 16.1. The molecule has 8 aromatic carbocycles. The van der Waals surface area contributed by atoms with Gasteiger partial charge in [0.15, 0.2) is 0 Å². The summed E-state index contributed by atoms with van der Waals surface area (Å²) in [7, 11) is 0. The summed E-state index contributed by atoms with van der Waals surface area (Å²) < 4.78 is 0. The van der Waals surface area contributed by atoms with Crippen molar-refractivity contribution in [1.29, 1.82) is 10.5 Å². The first-order chi connectivity index (χ1) is 23.7. The van der Waals surface area contributed by atoms with Gasteiger partial charge in [-0.2, -0.15) is 10.5 Å². The molecule has 1 aliphatic carbocycles. The van der Waals surface area contributed by atoms with Crippen LogP contribution in [0.4, 0.5) is 0 Å². The fraction of sp³-hybridized carbons (Fsp3) is 0. The number of hydrogen-bond donors (Lipinski definition) is 0. The van der Waals surface area contributed by atoms with E-state index >= 15 is 0 Å². The van der Waals surface area contributed by atoms with Gasteiger partial charge in [0.25, 0.3) is 0 Å². The van der Waals surface area contributed by atoms with Crippen molar-refractivity contribution in [3.05, 3.63) is 169 Å². The van der Waals surface area contributed by atoms with E-state index in [9.17, 15) is 10.5 Å². The second kappa shape index (κ2) is 11.0. The predicted octanol–water partition coefficient (Wildman–Crippen LogP) is 12.1. The molecule has 0 saturated heterocycles. The zero-order chi connectivity index (χ0) is 32.2. The molecule has 2 heteroatoms. The monoisotopic (exact) mass is 606 g/mol. The lowest BCUT2D eigenvalue weighted by molar-refractivity contribution is 1.44. The standard InChI is InChI=1S/C46H26N2/c47-27-29-24-30(28-48)26-35(25-29)31-18-20-32(21-19-31)36-22-23-41-44-37(36)16-9-17-40(44)45-42(33-10-3-1-4-11-33)38-14-7-8-15-39(38)43(46(41)45)34-12-5-2-6-13-34/h1-26H. The molecule has 0 N–H and O–H groups in total. The van der Waals surface area contributed by atoms with Gasteiger partial charge in [-0.15, -0.1) is 0 Å². The first kappa shape index (κ1) is 27.6. The van der Waals surface area contributed by atoms with Crippen LogP contribution in [0.2, 0.25) is 0 Å². The van der Waals surface area contributed by atoms with Crippen LogP contribution in [0, 0.1) is 22.7 Å². The lowest BCUT2D eigenvalue weighted by atomic mass is 9.82. The van der Waals surface area contributed by atoms with Crippen LogP contribution >= 0.6 is 0 Å². The van der Waals surface area contributed by atoms with Gasteiger partial charge in [0, 0.05) is 0 Å². The third-order valence-electron chi connectivity index (χ3n) is 9.64.